The number of nitrogens with two attached hydrogens (primary N) is 1. The van der Waals surface area contributed by atoms with Crippen LogP contribution in [0.1, 0.15) is 12.0 Å². The van der Waals surface area contributed by atoms with Crippen molar-refractivity contribution in [3.63, 3.8) is 0 Å². The molecule has 0 aliphatic heterocycles. The maximum Gasteiger partial charge on any atom is 0.180 e. The van der Waals surface area contributed by atoms with Crippen LogP contribution in [0.15, 0.2) is 41.3 Å². The predicted molar refractivity (Wildman–Crippen MR) is 93.0 cm³/mol. The van der Waals surface area contributed by atoms with E-state index >= 15 is 0 Å². The van der Waals surface area contributed by atoms with Crippen LogP contribution < -0.4 is 11.1 Å². The zero-order chi connectivity index (χ0) is 15.5. The molecule has 1 aromatic carbocycles. The highest BCUT2D eigenvalue weighted by molar-refractivity contribution is 9.10. The van der Waals surface area contributed by atoms with Gasteiger partial charge in [0.2, 0.25) is 0 Å². The SMILES string of the molecule is Cc1ccc(-c2cnc3c(NCCCN)nc(Br)cn23)cc1. The minimum atomic E-state index is 0.653. The van der Waals surface area contributed by atoms with Crippen LogP contribution in [0.4, 0.5) is 5.82 Å². The van der Waals surface area contributed by atoms with Crippen LogP contribution in [-0.2, 0) is 0 Å². The summed E-state index contributed by atoms with van der Waals surface area (Å²) >= 11 is 3.47. The summed E-state index contributed by atoms with van der Waals surface area (Å²) in [5.41, 5.74) is 9.76. The zero-order valence-corrected chi connectivity index (χ0v) is 14.0. The summed E-state index contributed by atoms with van der Waals surface area (Å²) in [4.78, 5) is 9.00. The van der Waals surface area contributed by atoms with E-state index in [1.54, 1.807) is 0 Å². The lowest BCUT2D eigenvalue weighted by molar-refractivity contribution is 0.868. The second-order valence-electron chi connectivity index (χ2n) is 5.18. The molecule has 0 fully saturated rings. The second kappa shape index (κ2) is 6.46. The third-order valence-electron chi connectivity index (χ3n) is 3.48. The summed E-state index contributed by atoms with van der Waals surface area (Å²) in [6, 6.07) is 8.42. The van der Waals surface area contributed by atoms with E-state index in [1.165, 1.54) is 5.56 Å². The summed E-state index contributed by atoms with van der Waals surface area (Å²) in [6.45, 7) is 3.51. The number of fused-ring (bicyclic) bond motifs is 1. The number of anilines is 1. The molecule has 22 heavy (non-hydrogen) atoms. The van der Waals surface area contributed by atoms with Gasteiger partial charge in [0.15, 0.2) is 11.5 Å². The Hall–Kier alpha value is -1.92. The van der Waals surface area contributed by atoms with Gasteiger partial charge in [-0.2, -0.15) is 0 Å². The molecule has 2 heterocycles. The molecule has 0 unspecified atom stereocenters. The van der Waals surface area contributed by atoms with E-state index in [4.69, 9.17) is 5.73 Å². The molecule has 0 aliphatic carbocycles. The second-order valence-corrected chi connectivity index (χ2v) is 6.00. The van der Waals surface area contributed by atoms with Crippen LogP contribution in [0.25, 0.3) is 16.9 Å². The van der Waals surface area contributed by atoms with Crippen LogP contribution in [0.5, 0.6) is 0 Å². The average molecular weight is 360 g/mol. The van der Waals surface area contributed by atoms with Gasteiger partial charge in [0.1, 0.15) is 4.60 Å². The highest BCUT2D eigenvalue weighted by Gasteiger charge is 2.11. The molecule has 114 valence electrons. The highest BCUT2D eigenvalue weighted by Crippen LogP contribution is 2.25. The van der Waals surface area contributed by atoms with Gasteiger partial charge in [0, 0.05) is 18.3 Å². The first-order chi connectivity index (χ1) is 10.7. The van der Waals surface area contributed by atoms with Crippen molar-refractivity contribution >= 4 is 27.4 Å². The van der Waals surface area contributed by atoms with Gasteiger partial charge >= 0.3 is 0 Å². The lowest BCUT2D eigenvalue weighted by Gasteiger charge is -2.08. The number of aryl methyl sites for hydroxylation is 1. The van der Waals surface area contributed by atoms with Crippen molar-refractivity contribution < 1.29 is 0 Å². The quantitative estimate of drug-likeness (QED) is 0.686. The lowest BCUT2D eigenvalue weighted by Crippen LogP contribution is -2.10. The number of rotatable bonds is 5. The lowest BCUT2D eigenvalue weighted by atomic mass is 10.1. The fourth-order valence-corrected chi connectivity index (χ4v) is 2.71. The fraction of sp³-hybridized carbons (Fsp3) is 0.250. The Morgan fingerprint density at radius 1 is 1.27 bits per heavy atom. The molecule has 5 nitrogen and oxygen atoms in total. The molecule has 0 spiro atoms. The first kappa shape index (κ1) is 15.0. The van der Waals surface area contributed by atoms with E-state index < -0.39 is 0 Å². The Morgan fingerprint density at radius 2 is 2.05 bits per heavy atom. The molecule has 0 aliphatic rings. The first-order valence-electron chi connectivity index (χ1n) is 7.23. The smallest absolute Gasteiger partial charge is 0.180 e. The number of hydrogen-bond acceptors (Lipinski definition) is 4. The first-order valence-corrected chi connectivity index (χ1v) is 8.03. The predicted octanol–water partition coefficient (Wildman–Crippen LogP) is 3.23. The number of hydrogen-bond donors (Lipinski definition) is 2. The number of aromatic nitrogens is 3. The maximum absolute atomic E-state index is 5.54. The highest BCUT2D eigenvalue weighted by atomic mass is 79.9. The normalized spacial score (nSPS) is 11.0. The molecule has 0 saturated heterocycles. The van der Waals surface area contributed by atoms with E-state index in [9.17, 15) is 0 Å². The number of imidazole rings is 1. The minimum absolute atomic E-state index is 0.653. The Kier molecular flexibility index (Phi) is 4.40. The van der Waals surface area contributed by atoms with E-state index in [0.717, 1.165) is 40.3 Å². The molecule has 6 heteroatoms. The Morgan fingerprint density at radius 3 is 2.77 bits per heavy atom. The number of halogens is 1. The third kappa shape index (κ3) is 2.98. The van der Waals surface area contributed by atoms with Gasteiger partial charge in [-0.3, -0.25) is 4.40 Å². The molecule has 3 N–H and O–H groups in total. The fourth-order valence-electron chi connectivity index (χ4n) is 2.32. The number of nitrogens with zero attached hydrogens (tertiary/aromatic N) is 3. The van der Waals surface area contributed by atoms with Crippen LogP contribution in [0.3, 0.4) is 0 Å². The van der Waals surface area contributed by atoms with Crippen molar-refractivity contribution in [3.8, 4) is 11.3 Å². The molecule has 0 bridgehead atoms. The largest absolute Gasteiger partial charge is 0.367 e. The average Bonchev–Trinajstić information content (AvgIpc) is 2.92. The van der Waals surface area contributed by atoms with Crippen LogP contribution in [0, 0.1) is 6.92 Å². The zero-order valence-electron chi connectivity index (χ0n) is 12.4. The summed E-state index contributed by atoms with van der Waals surface area (Å²) in [5, 5.41) is 3.30. The van der Waals surface area contributed by atoms with Gasteiger partial charge in [0.25, 0.3) is 0 Å². The van der Waals surface area contributed by atoms with E-state index in [-0.39, 0.29) is 0 Å². The van der Waals surface area contributed by atoms with E-state index in [2.05, 4.69) is 62.4 Å². The van der Waals surface area contributed by atoms with Crippen LogP contribution in [-0.4, -0.2) is 27.5 Å². The third-order valence-corrected chi connectivity index (χ3v) is 3.87. The van der Waals surface area contributed by atoms with Crippen molar-refractivity contribution in [1.82, 2.24) is 14.4 Å². The van der Waals surface area contributed by atoms with Gasteiger partial charge < -0.3 is 11.1 Å². The number of benzene rings is 1. The topological polar surface area (TPSA) is 68.2 Å². The molecule has 3 aromatic rings. The Labute approximate surface area is 137 Å². The molecule has 3 rings (SSSR count). The Bertz CT molecular complexity index is 779. The van der Waals surface area contributed by atoms with Gasteiger partial charge in [-0.1, -0.05) is 29.8 Å². The monoisotopic (exact) mass is 359 g/mol. The number of nitrogens with one attached hydrogen (secondary N) is 1. The Balaban J connectivity index is 2.04. The molecular formula is C16H18BrN5. The van der Waals surface area contributed by atoms with Crippen LogP contribution >= 0.6 is 15.9 Å². The molecule has 0 amide bonds. The molecule has 0 saturated carbocycles. The van der Waals surface area contributed by atoms with Gasteiger partial charge in [-0.05, 0) is 35.8 Å². The van der Waals surface area contributed by atoms with Gasteiger partial charge in [0.05, 0.1) is 11.9 Å². The van der Waals surface area contributed by atoms with Crippen molar-refractivity contribution in [1.29, 1.82) is 0 Å². The van der Waals surface area contributed by atoms with Crippen molar-refractivity contribution in [2.75, 3.05) is 18.4 Å². The summed E-state index contributed by atoms with van der Waals surface area (Å²) in [5.74, 6) is 0.765. The summed E-state index contributed by atoms with van der Waals surface area (Å²) < 4.78 is 2.81. The molecular weight excluding hydrogens is 342 g/mol. The van der Waals surface area contributed by atoms with Gasteiger partial charge in [-0.25, -0.2) is 9.97 Å². The maximum atomic E-state index is 5.54. The van der Waals surface area contributed by atoms with Crippen LogP contribution in [0.2, 0.25) is 0 Å². The van der Waals surface area contributed by atoms with Crippen molar-refractivity contribution in [2.45, 2.75) is 13.3 Å². The molecule has 2 aromatic heterocycles. The standard InChI is InChI=1S/C16H18BrN5/c1-11-3-5-12(6-4-11)13-9-20-16-15(19-8-2-7-18)21-14(17)10-22(13)16/h3-6,9-10H,2,7-8,18H2,1H3,(H,19,21). The van der Waals surface area contributed by atoms with Gasteiger partial charge in [-0.15, -0.1) is 0 Å². The minimum Gasteiger partial charge on any atom is -0.367 e. The molecule has 0 radical (unpaired) electrons. The van der Waals surface area contributed by atoms with E-state index in [1.807, 2.05) is 16.8 Å². The summed E-state index contributed by atoms with van der Waals surface area (Å²) in [7, 11) is 0. The van der Waals surface area contributed by atoms with E-state index in [0.29, 0.717) is 6.54 Å². The van der Waals surface area contributed by atoms with Crippen molar-refractivity contribution in [3.05, 3.63) is 46.8 Å². The summed E-state index contributed by atoms with van der Waals surface area (Å²) in [6.07, 6.45) is 4.71. The van der Waals surface area contributed by atoms with Crippen molar-refractivity contribution in [2.24, 2.45) is 5.73 Å². The molecule has 0 atom stereocenters.